The third kappa shape index (κ3) is 3.74. The van der Waals surface area contributed by atoms with Crippen molar-refractivity contribution < 1.29 is 0 Å². The zero-order valence-electron chi connectivity index (χ0n) is 11.4. The highest BCUT2D eigenvalue weighted by Gasteiger charge is 2.13. The fourth-order valence-electron chi connectivity index (χ4n) is 2.09. The van der Waals surface area contributed by atoms with E-state index in [1.165, 1.54) is 18.5 Å². The lowest BCUT2D eigenvalue weighted by atomic mass is 10.0. The first-order chi connectivity index (χ1) is 8.65. The van der Waals surface area contributed by atoms with Crippen LogP contribution in [0.2, 0.25) is 0 Å². The number of nitriles is 1. The van der Waals surface area contributed by atoms with E-state index in [4.69, 9.17) is 5.26 Å². The van der Waals surface area contributed by atoms with E-state index < -0.39 is 0 Å². The van der Waals surface area contributed by atoms with Gasteiger partial charge in [-0.15, -0.1) is 0 Å². The maximum absolute atomic E-state index is 8.89. The molecule has 0 bridgehead atoms. The molecule has 0 saturated carbocycles. The molecule has 0 aliphatic heterocycles. The number of hydrogen-bond donors (Lipinski definition) is 0. The standard InChI is InChI=1S/C15H21BrN2/c1-4-12(5-2)11-18(6-3)15-8-7-13(10-17)9-14(15)16/h7-9,12H,4-6,11H2,1-3H3. The zero-order chi connectivity index (χ0) is 13.5. The van der Waals surface area contributed by atoms with Gasteiger partial charge in [0, 0.05) is 17.6 Å². The summed E-state index contributed by atoms with van der Waals surface area (Å²) in [5, 5.41) is 8.89. The fraction of sp³-hybridized carbons (Fsp3) is 0.533. The first-order valence-electron chi connectivity index (χ1n) is 6.60. The van der Waals surface area contributed by atoms with Crippen molar-refractivity contribution in [2.45, 2.75) is 33.6 Å². The van der Waals surface area contributed by atoms with Gasteiger partial charge in [-0.1, -0.05) is 26.7 Å². The van der Waals surface area contributed by atoms with Crippen LogP contribution in [0.4, 0.5) is 5.69 Å². The number of benzene rings is 1. The maximum atomic E-state index is 8.89. The fourth-order valence-corrected chi connectivity index (χ4v) is 2.72. The smallest absolute Gasteiger partial charge is 0.0992 e. The van der Waals surface area contributed by atoms with Crippen LogP contribution in [0.3, 0.4) is 0 Å². The van der Waals surface area contributed by atoms with Gasteiger partial charge in [0.05, 0.1) is 17.3 Å². The Morgan fingerprint density at radius 3 is 2.39 bits per heavy atom. The largest absolute Gasteiger partial charge is 0.371 e. The lowest BCUT2D eigenvalue weighted by Gasteiger charge is -2.28. The second-order valence-corrected chi connectivity index (χ2v) is 5.35. The highest BCUT2D eigenvalue weighted by Crippen LogP contribution is 2.28. The van der Waals surface area contributed by atoms with Crippen LogP contribution >= 0.6 is 15.9 Å². The van der Waals surface area contributed by atoms with Crippen LogP contribution in [-0.4, -0.2) is 13.1 Å². The highest BCUT2D eigenvalue weighted by atomic mass is 79.9. The Balaban J connectivity index is 2.92. The van der Waals surface area contributed by atoms with Crippen molar-refractivity contribution in [2.24, 2.45) is 5.92 Å². The molecule has 0 spiro atoms. The van der Waals surface area contributed by atoms with Crippen molar-refractivity contribution in [3.63, 3.8) is 0 Å². The summed E-state index contributed by atoms with van der Waals surface area (Å²) in [6.45, 7) is 8.73. The summed E-state index contributed by atoms with van der Waals surface area (Å²) in [6, 6.07) is 7.98. The molecule has 18 heavy (non-hydrogen) atoms. The lowest BCUT2D eigenvalue weighted by Crippen LogP contribution is -2.29. The van der Waals surface area contributed by atoms with Gasteiger partial charge in [0.1, 0.15) is 0 Å². The molecule has 0 aliphatic rings. The van der Waals surface area contributed by atoms with Gasteiger partial charge in [-0.2, -0.15) is 5.26 Å². The van der Waals surface area contributed by atoms with Crippen LogP contribution in [0.1, 0.15) is 39.2 Å². The van der Waals surface area contributed by atoms with Gasteiger partial charge < -0.3 is 4.90 Å². The summed E-state index contributed by atoms with van der Waals surface area (Å²) in [5.41, 5.74) is 1.88. The number of anilines is 1. The molecule has 2 nitrogen and oxygen atoms in total. The molecule has 1 rings (SSSR count). The molecule has 0 heterocycles. The quantitative estimate of drug-likeness (QED) is 0.769. The Kier molecular flexibility index (Phi) is 6.21. The van der Waals surface area contributed by atoms with Crippen molar-refractivity contribution in [3.8, 4) is 6.07 Å². The molecular formula is C15H21BrN2. The van der Waals surface area contributed by atoms with Gasteiger partial charge in [0.25, 0.3) is 0 Å². The second-order valence-electron chi connectivity index (χ2n) is 4.50. The molecule has 0 saturated heterocycles. The topological polar surface area (TPSA) is 27.0 Å². The number of hydrogen-bond acceptors (Lipinski definition) is 2. The molecule has 0 aromatic heterocycles. The van der Waals surface area contributed by atoms with E-state index in [0.29, 0.717) is 5.56 Å². The molecule has 0 N–H and O–H groups in total. The summed E-state index contributed by atoms with van der Waals surface area (Å²) < 4.78 is 1.01. The normalized spacial score (nSPS) is 10.4. The lowest BCUT2D eigenvalue weighted by molar-refractivity contribution is 0.486. The van der Waals surface area contributed by atoms with Crippen molar-refractivity contribution >= 4 is 21.6 Å². The van der Waals surface area contributed by atoms with Gasteiger partial charge in [-0.25, -0.2) is 0 Å². The second kappa shape index (κ2) is 7.43. The Morgan fingerprint density at radius 1 is 1.28 bits per heavy atom. The molecule has 3 heteroatoms. The maximum Gasteiger partial charge on any atom is 0.0992 e. The average Bonchev–Trinajstić information content (AvgIpc) is 2.41. The summed E-state index contributed by atoms with van der Waals surface area (Å²) in [4.78, 5) is 2.38. The van der Waals surface area contributed by atoms with Crippen LogP contribution in [0.25, 0.3) is 0 Å². The van der Waals surface area contributed by atoms with E-state index in [1.807, 2.05) is 18.2 Å². The Hall–Kier alpha value is -1.01. The van der Waals surface area contributed by atoms with Gasteiger partial charge in [-0.05, 0) is 47.0 Å². The predicted molar refractivity (Wildman–Crippen MR) is 80.8 cm³/mol. The molecule has 0 atom stereocenters. The monoisotopic (exact) mass is 308 g/mol. The molecule has 0 aliphatic carbocycles. The molecule has 0 amide bonds. The predicted octanol–water partition coefficient (Wildman–Crippen LogP) is 4.58. The van der Waals surface area contributed by atoms with Crippen molar-refractivity contribution in [1.82, 2.24) is 0 Å². The highest BCUT2D eigenvalue weighted by molar-refractivity contribution is 9.10. The molecule has 98 valence electrons. The van der Waals surface area contributed by atoms with E-state index >= 15 is 0 Å². The number of nitrogens with zero attached hydrogens (tertiary/aromatic N) is 2. The minimum atomic E-state index is 0.698. The summed E-state index contributed by atoms with van der Waals surface area (Å²) in [5.74, 6) is 0.729. The SMILES string of the molecule is CCC(CC)CN(CC)c1ccc(C#N)cc1Br. The Morgan fingerprint density at radius 2 is 1.94 bits per heavy atom. The number of rotatable bonds is 6. The molecular weight excluding hydrogens is 288 g/mol. The van der Waals surface area contributed by atoms with E-state index in [1.54, 1.807) is 0 Å². The molecule has 1 aromatic rings. The first-order valence-corrected chi connectivity index (χ1v) is 7.40. The van der Waals surface area contributed by atoms with Crippen LogP contribution in [-0.2, 0) is 0 Å². The Labute approximate surface area is 119 Å². The van der Waals surface area contributed by atoms with E-state index in [0.717, 1.165) is 23.5 Å². The molecule has 0 radical (unpaired) electrons. The van der Waals surface area contributed by atoms with Crippen LogP contribution < -0.4 is 4.90 Å². The van der Waals surface area contributed by atoms with E-state index in [-0.39, 0.29) is 0 Å². The third-order valence-corrected chi connectivity index (χ3v) is 4.07. The number of halogens is 1. The summed E-state index contributed by atoms with van der Waals surface area (Å²) in [6.07, 6.45) is 2.42. The summed E-state index contributed by atoms with van der Waals surface area (Å²) >= 11 is 3.57. The molecule has 0 unspecified atom stereocenters. The molecule has 0 fully saturated rings. The van der Waals surface area contributed by atoms with Crippen molar-refractivity contribution in [1.29, 1.82) is 5.26 Å². The van der Waals surface area contributed by atoms with Gasteiger partial charge in [0.15, 0.2) is 0 Å². The minimum absolute atomic E-state index is 0.698. The van der Waals surface area contributed by atoms with Crippen molar-refractivity contribution in [2.75, 3.05) is 18.0 Å². The van der Waals surface area contributed by atoms with Gasteiger partial charge in [0.2, 0.25) is 0 Å². The molecule has 1 aromatic carbocycles. The summed E-state index contributed by atoms with van der Waals surface area (Å²) in [7, 11) is 0. The van der Waals surface area contributed by atoms with Crippen molar-refractivity contribution in [3.05, 3.63) is 28.2 Å². The average molecular weight is 309 g/mol. The Bertz CT molecular complexity index is 419. The van der Waals surface area contributed by atoms with E-state index in [2.05, 4.69) is 47.7 Å². The zero-order valence-corrected chi connectivity index (χ0v) is 13.0. The van der Waals surface area contributed by atoms with Crippen LogP contribution in [0, 0.1) is 17.2 Å². The minimum Gasteiger partial charge on any atom is -0.371 e. The first kappa shape index (κ1) is 15.0. The van der Waals surface area contributed by atoms with Crippen LogP contribution in [0.15, 0.2) is 22.7 Å². The van der Waals surface area contributed by atoms with Gasteiger partial charge in [-0.3, -0.25) is 0 Å². The third-order valence-electron chi connectivity index (χ3n) is 3.43. The van der Waals surface area contributed by atoms with Gasteiger partial charge >= 0.3 is 0 Å². The van der Waals surface area contributed by atoms with E-state index in [9.17, 15) is 0 Å². The van der Waals surface area contributed by atoms with Crippen LogP contribution in [0.5, 0.6) is 0 Å².